The van der Waals surface area contributed by atoms with E-state index in [2.05, 4.69) is 5.32 Å². The lowest BCUT2D eigenvalue weighted by Crippen LogP contribution is -2.23. The first-order valence-corrected chi connectivity index (χ1v) is 7.51. The molecule has 0 spiro atoms. The SMILES string of the molecule is O=C(O)c1ccccc1C(=O)c1ccc(Cl)c(NCC(O)CO)c1. The lowest BCUT2D eigenvalue weighted by molar-refractivity contribution is 0.0693. The molecule has 0 saturated heterocycles. The van der Waals surface area contributed by atoms with Crippen LogP contribution in [0.3, 0.4) is 0 Å². The molecule has 2 aromatic carbocycles. The number of anilines is 1. The number of aromatic carboxylic acids is 1. The van der Waals surface area contributed by atoms with Gasteiger partial charge in [0.25, 0.3) is 0 Å². The lowest BCUT2D eigenvalue weighted by Gasteiger charge is -2.13. The lowest BCUT2D eigenvalue weighted by atomic mass is 9.98. The Bertz CT molecular complexity index is 762. The Hall–Kier alpha value is -2.41. The van der Waals surface area contributed by atoms with E-state index in [0.29, 0.717) is 10.7 Å². The summed E-state index contributed by atoms with van der Waals surface area (Å²) in [5.74, 6) is -1.63. The quantitative estimate of drug-likeness (QED) is 0.570. The van der Waals surface area contributed by atoms with Crippen LogP contribution in [0.2, 0.25) is 5.02 Å². The molecule has 0 aliphatic rings. The molecule has 0 heterocycles. The van der Waals surface area contributed by atoms with Crippen molar-refractivity contribution in [1.82, 2.24) is 0 Å². The van der Waals surface area contributed by atoms with Gasteiger partial charge in [0, 0.05) is 17.7 Å². The van der Waals surface area contributed by atoms with Gasteiger partial charge in [-0.2, -0.15) is 0 Å². The molecule has 0 aromatic heterocycles. The van der Waals surface area contributed by atoms with Gasteiger partial charge in [-0.1, -0.05) is 29.8 Å². The number of nitrogens with one attached hydrogen (secondary N) is 1. The summed E-state index contributed by atoms with van der Waals surface area (Å²) in [5, 5.41) is 30.6. The first kappa shape index (κ1) is 17.9. The number of carbonyl (C=O) groups is 2. The third-order valence-corrected chi connectivity index (χ3v) is 3.70. The van der Waals surface area contributed by atoms with Gasteiger partial charge >= 0.3 is 5.97 Å². The van der Waals surface area contributed by atoms with E-state index in [-0.39, 0.29) is 23.2 Å². The van der Waals surface area contributed by atoms with Crippen LogP contribution in [0.1, 0.15) is 26.3 Å². The van der Waals surface area contributed by atoms with E-state index >= 15 is 0 Å². The Kier molecular flexibility index (Phi) is 5.92. The minimum absolute atomic E-state index is 0.0551. The van der Waals surface area contributed by atoms with Crippen LogP contribution >= 0.6 is 11.6 Å². The van der Waals surface area contributed by atoms with Crippen molar-refractivity contribution in [3.63, 3.8) is 0 Å². The van der Waals surface area contributed by atoms with E-state index in [1.165, 1.54) is 30.3 Å². The molecule has 2 rings (SSSR count). The summed E-state index contributed by atoms with van der Waals surface area (Å²) in [6, 6.07) is 10.4. The van der Waals surface area contributed by atoms with Gasteiger partial charge in [0.2, 0.25) is 0 Å². The molecule has 2 aromatic rings. The molecule has 7 heteroatoms. The summed E-state index contributed by atoms with van der Waals surface area (Å²) in [4.78, 5) is 23.9. The molecule has 24 heavy (non-hydrogen) atoms. The van der Waals surface area contributed by atoms with Gasteiger partial charge in [-0.3, -0.25) is 4.79 Å². The molecule has 126 valence electrons. The smallest absolute Gasteiger partial charge is 0.336 e. The predicted molar refractivity (Wildman–Crippen MR) is 89.9 cm³/mol. The van der Waals surface area contributed by atoms with Crippen molar-refractivity contribution in [1.29, 1.82) is 0 Å². The van der Waals surface area contributed by atoms with E-state index < -0.39 is 24.5 Å². The van der Waals surface area contributed by atoms with Crippen LogP contribution in [0.15, 0.2) is 42.5 Å². The topological polar surface area (TPSA) is 107 Å². The number of carbonyl (C=O) groups excluding carboxylic acids is 1. The Balaban J connectivity index is 2.32. The van der Waals surface area contributed by atoms with Crippen molar-refractivity contribution in [2.24, 2.45) is 0 Å². The van der Waals surface area contributed by atoms with Gasteiger partial charge < -0.3 is 20.6 Å². The maximum Gasteiger partial charge on any atom is 0.336 e. The minimum Gasteiger partial charge on any atom is -0.478 e. The number of hydrogen-bond donors (Lipinski definition) is 4. The van der Waals surface area contributed by atoms with Crippen molar-refractivity contribution in [3.8, 4) is 0 Å². The molecule has 0 saturated carbocycles. The number of carboxylic acids is 1. The van der Waals surface area contributed by atoms with Crippen LogP contribution in [0.25, 0.3) is 0 Å². The van der Waals surface area contributed by atoms with Gasteiger partial charge in [0.15, 0.2) is 5.78 Å². The highest BCUT2D eigenvalue weighted by Gasteiger charge is 2.18. The highest BCUT2D eigenvalue weighted by Crippen LogP contribution is 2.25. The van der Waals surface area contributed by atoms with Gasteiger partial charge in [0.05, 0.1) is 29.0 Å². The molecule has 0 aliphatic carbocycles. The second-order valence-corrected chi connectivity index (χ2v) is 5.50. The monoisotopic (exact) mass is 349 g/mol. The Morgan fingerprint density at radius 3 is 2.42 bits per heavy atom. The van der Waals surface area contributed by atoms with Crippen LogP contribution in [0.4, 0.5) is 5.69 Å². The zero-order valence-electron chi connectivity index (χ0n) is 12.6. The Labute approximate surface area is 143 Å². The second kappa shape index (κ2) is 7.92. The van der Waals surface area contributed by atoms with Crippen LogP contribution < -0.4 is 5.32 Å². The molecular weight excluding hydrogens is 334 g/mol. The molecule has 0 radical (unpaired) electrons. The van der Waals surface area contributed by atoms with E-state index in [9.17, 15) is 19.8 Å². The fraction of sp³-hybridized carbons (Fsp3) is 0.176. The highest BCUT2D eigenvalue weighted by molar-refractivity contribution is 6.33. The number of aliphatic hydroxyl groups is 2. The summed E-state index contributed by atoms with van der Waals surface area (Å²) < 4.78 is 0. The van der Waals surface area contributed by atoms with Crippen molar-refractivity contribution >= 4 is 29.0 Å². The number of rotatable bonds is 7. The average Bonchev–Trinajstić information content (AvgIpc) is 2.60. The van der Waals surface area contributed by atoms with E-state index in [4.69, 9.17) is 16.7 Å². The van der Waals surface area contributed by atoms with Gasteiger partial charge in [-0.25, -0.2) is 4.79 Å². The first-order chi connectivity index (χ1) is 11.4. The van der Waals surface area contributed by atoms with Crippen molar-refractivity contribution < 1.29 is 24.9 Å². The number of aliphatic hydroxyl groups excluding tert-OH is 2. The zero-order chi connectivity index (χ0) is 17.7. The third kappa shape index (κ3) is 4.11. The second-order valence-electron chi connectivity index (χ2n) is 5.09. The number of carboxylic acid groups (broad SMARTS) is 1. The number of halogens is 1. The first-order valence-electron chi connectivity index (χ1n) is 7.13. The zero-order valence-corrected chi connectivity index (χ0v) is 13.3. The predicted octanol–water partition coefficient (Wildman–Crippen LogP) is 2.03. The third-order valence-electron chi connectivity index (χ3n) is 3.37. The van der Waals surface area contributed by atoms with Gasteiger partial charge in [0.1, 0.15) is 0 Å². The summed E-state index contributed by atoms with van der Waals surface area (Å²) in [5.41, 5.74) is 0.660. The fourth-order valence-electron chi connectivity index (χ4n) is 2.12. The highest BCUT2D eigenvalue weighted by atomic mass is 35.5. The molecule has 6 nitrogen and oxygen atoms in total. The normalized spacial score (nSPS) is 11.8. The molecule has 0 fully saturated rings. The molecule has 0 bridgehead atoms. The van der Waals surface area contributed by atoms with Gasteiger partial charge in [-0.05, 0) is 24.3 Å². The van der Waals surface area contributed by atoms with E-state index in [1.54, 1.807) is 12.1 Å². The maximum atomic E-state index is 12.6. The van der Waals surface area contributed by atoms with Crippen LogP contribution in [-0.2, 0) is 0 Å². The summed E-state index contributed by atoms with van der Waals surface area (Å²) in [7, 11) is 0. The number of ketones is 1. The largest absolute Gasteiger partial charge is 0.478 e. The molecule has 1 unspecified atom stereocenters. The molecule has 1 atom stereocenters. The minimum atomic E-state index is -1.18. The molecule has 0 amide bonds. The molecular formula is C17H16ClNO5. The molecule has 4 N–H and O–H groups in total. The average molecular weight is 350 g/mol. The van der Waals surface area contributed by atoms with Gasteiger partial charge in [-0.15, -0.1) is 0 Å². The van der Waals surface area contributed by atoms with E-state index in [1.807, 2.05) is 0 Å². The van der Waals surface area contributed by atoms with Crippen molar-refractivity contribution in [2.45, 2.75) is 6.10 Å². The standard InChI is InChI=1S/C17H16ClNO5/c18-14-6-5-10(7-15(14)19-8-11(21)9-20)16(22)12-3-1-2-4-13(12)17(23)24/h1-7,11,19-21H,8-9H2,(H,23,24). The fourth-order valence-corrected chi connectivity index (χ4v) is 2.30. The summed E-state index contributed by atoms with van der Waals surface area (Å²) in [6.45, 7) is -0.352. The Morgan fingerprint density at radius 2 is 1.79 bits per heavy atom. The summed E-state index contributed by atoms with van der Waals surface area (Å²) in [6.07, 6.45) is -0.965. The van der Waals surface area contributed by atoms with E-state index in [0.717, 1.165) is 0 Å². The number of benzene rings is 2. The Morgan fingerprint density at radius 1 is 1.12 bits per heavy atom. The summed E-state index contributed by atoms with van der Waals surface area (Å²) >= 11 is 6.04. The van der Waals surface area contributed by atoms with Crippen LogP contribution in [0, 0.1) is 0 Å². The molecule has 0 aliphatic heterocycles. The van der Waals surface area contributed by atoms with Crippen molar-refractivity contribution in [3.05, 3.63) is 64.2 Å². The van der Waals surface area contributed by atoms with Crippen LogP contribution in [0.5, 0.6) is 0 Å². The maximum absolute atomic E-state index is 12.6. The van der Waals surface area contributed by atoms with Crippen LogP contribution in [-0.4, -0.2) is 46.3 Å². The number of hydrogen-bond acceptors (Lipinski definition) is 5. The van der Waals surface area contributed by atoms with Crippen molar-refractivity contribution in [2.75, 3.05) is 18.5 Å².